The minimum atomic E-state index is -1.06. The molecule has 1 aliphatic rings. The first-order valence-corrected chi connectivity index (χ1v) is 9.53. The molecule has 0 aromatic carbocycles. The van der Waals surface area contributed by atoms with E-state index in [2.05, 4.69) is 20.1 Å². The van der Waals surface area contributed by atoms with E-state index in [1.807, 2.05) is 0 Å². The van der Waals surface area contributed by atoms with Crippen LogP contribution in [0.3, 0.4) is 0 Å². The Kier molecular flexibility index (Phi) is 5.41. The molecule has 3 aromatic heterocycles. The topological polar surface area (TPSA) is 140 Å². The molecule has 13 heteroatoms. The molecule has 31 heavy (non-hydrogen) atoms. The molecule has 4 atom stereocenters. The Morgan fingerprint density at radius 3 is 2.42 bits per heavy atom. The highest BCUT2D eigenvalue weighted by molar-refractivity contribution is 6.33. The number of carbonyl (C=O) groups excluding carboxylic acids is 3. The van der Waals surface area contributed by atoms with Crippen molar-refractivity contribution in [3.8, 4) is 0 Å². The van der Waals surface area contributed by atoms with Gasteiger partial charge in [-0.2, -0.15) is 5.10 Å². The monoisotopic (exact) mass is 448 g/mol. The zero-order chi connectivity index (χ0) is 22.3. The molecule has 4 heterocycles. The second-order valence-corrected chi connectivity index (χ2v) is 7.15. The van der Waals surface area contributed by atoms with Crippen LogP contribution >= 0.6 is 11.6 Å². The molecule has 0 amide bonds. The van der Waals surface area contributed by atoms with E-state index in [1.165, 1.54) is 44.2 Å². The van der Waals surface area contributed by atoms with E-state index < -0.39 is 36.5 Å². The largest absolute Gasteiger partial charge is 0.455 e. The number of rotatable bonds is 4. The van der Waals surface area contributed by atoms with Gasteiger partial charge in [0.15, 0.2) is 29.2 Å². The Morgan fingerprint density at radius 1 is 1.06 bits per heavy atom. The van der Waals surface area contributed by atoms with Gasteiger partial charge in [-0.25, -0.2) is 19.6 Å². The fraction of sp³-hybridized carbons (Fsp3) is 0.389. The van der Waals surface area contributed by atoms with Crippen molar-refractivity contribution in [2.24, 2.45) is 0 Å². The predicted molar refractivity (Wildman–Crippen MR) is 103 cm³/mol. The normalized spacial score (nSPS) is 23.1. The van der Waals surface area contributed by atoms with Gasteiger partial charge in [-0.3, -0.25) is 19.0 Å². The summed E-state index contributed by atoms with van der Waals surface area (Å²) in [6.07, 6.45) is 0.114. The van der Waals surface area contributed by atoms with Crippen LogP contribution in [0.4, 0.5) is 0 Å². The van der Waals surface area contributed by atoms with Gasteiger partial charge in [-0.1, -0.05) is 11.6 Å². The molecule has 0 N–H and O–H groups in total. The Bertz CT molecular complexity index is 1180. The Morgan fingerprint density at radius 2 is 1.77 bits per heavy atom. The maximum absolute atomic E-state index is 11.8. The van der Waals surface area contributed by atoms with Crippen LogP contribution in [0.2, 0.25) is 5.15 Å². The van der Waals surface area contributed by atoms with E-state index in [-0.39, 0.29) is 11.1 Å². The van der Waals surface area contributed by atoms with Gasteiger partial charge in [0, 0.05) is 27.0 Å². The summed E-state index contributed by atoms with van der Waals surface area (Å²) in [5.41, 5.74) is 0.972. The van der Waals surface area contributed by atoms with Gasteiger partial charge >= 0.3 is 11.9 Å². The summed E-state index contributed by atoms with van der Waals surface area (Å²) in [4.78, 5) is 47.6. The summed E-state index contributed by atoms with van der Waals surface area (Å²) in [7, 11) is 0. The highest BCUT2D eigenvalue weighted by Gasteiger charge is 2.52. The lowest BCUT2D eigenvalue weighted by molar-refractivity contribution is -0.165. The number of imidazole rings is 1. The first-order chi connectivity index (χ1) is 14.8. The molecule has 0 spiro atoms. The van der Waals surface area contributed by atoms with E-state index in [1.54, 1.807) is 6.07 Å². The van der Waals surface area contributed by atoms with Crippen molar-refractivity contribution in [3.05, 3.63) is 35.8 Å². The first-order valence-electron chi connectivity index (χ1n) is 9.15. The number of hydrogen-bond acceptors (Lipinski definition) is 10. The molecule has 1 aliphatic heterocycles. The van der Waals surface area contributed by atoms with Crippen LogP contribution in [0.5, 0.6) is 0 Å². The third-order valence-electron chi connectivity index (χ3n) is 4.61. The van der Waals surface area contributed by atoms with Gasteiger partial charge in [0.25, 0.3) is 0 Å². The Balaban J connectivity index is 1.80. The molecule has 3 aromatic rings. The van der Waals surface area contributed by atoms with Crippen LogP contribution in [0, 0.1) is 0 Å². The first kappa shape index (κ1) is 20.9. The van der Waals surface area contributed by atoms with Gasteiger partial charge in [0.1, 0.15) is 17.9 Å². The van der Waals surface area contributed by atoms with E-state index in [0.717, 1.165) is 4.68 Å². The van der Waals surface area contributed by atoms with Crippen molar-refractivity contribution >= 4 is 40.6 Å². The molecule has 162 valence electrons. The lowest BCUT2D eigenvalue weighted by atomic mass is 10.1. The smallest absolute Gasteiger partial charge is 0.303 e. The molecule has 4 rings (SSSR count). The van der Waals surface area contributed by atoms with Crippen molar-refractivity contribution in [1.82, 2.24) is 29.3 Å². The van der Waals surface area contributed by atoms with E-state index in [0.29, 0.717) is 16.9 Å². The van der Waals surface area contributed by atoms with Crippen LogP contribution in [0.1, 0.15) is 43.6 Å². The summed E-state index contributed by atoms with van der Waals surface area (Å²) < 4.78 is 19.7. The number of hydrogen-bond donors (Lipinski definition) is 0. The average molecular weight is 449 g/mol. The molecular formula is C18H17ClN6O6. The van der Waals surface area contributed by atoms with E-state index >= 15 is 0 Å². The van der Waals surface area contributed by atoms with Crippen molar-refractivity contribution < 1.29 is 28.6 Å². The van der Waals surface area contributed by atoms with Crippen LogP contribution in [-0.4, -0.2) is 59.4 Å². The molecule has 0 aliphatic carbocycles. The third-order valence-corrected chi connectivity index (χ3v) is 4.88. The van der Waals surface area contributed by atoms with E-state index in [4.69, 9.17) is 25.8 Å². The fourth-order valence-electron chi connectivity index (χ4n) is 3.41. The summed E-state index contributed by atoms with van der Waals surface area (Å²) in [6.45, 7) is 3.80. The second kappa shape index (κ2) is 8.04. The average Bonchev–Trinajstić information content (AvgIpc) is 3.40. The van der Waals surface area contributed by atoms with Crippen LogP contribution in [0.15, 0.2) is 24.9 Å². The predicted octanol–water partition coefficient (Wildman–Crippen LogP) is 1.47. The number of aromatic nitrogens is 6. The number of carbonyl (C=O) groups is 3. The van der Waals surface area contributed by atoms with Gasteiger partial charge < -0.3 is 14.2 Å². The molecule has 4 unspecified atom stereocenters. The SMILES string of the molecule is CC(=O)OC1C(c2ccn(C(C)=O)n2)OC(n2cnc3c(Cl)ncnc32)C1OC(C)=O. The highest BCUT2D eigenvalue weighted by atomic mass is 35.5. The van der Waals surface area contributed by atoms with E-state index in [9.17, 15) is 14.4 Å². The molecule has 1 fully saturated rings. The maximum atomic E-state index is 11.8. The molecule has 12 nitrogen and oxygen atoms in total. The summed E-state index contributed by atoms with van der Waals surface area (Å²) in [5.74, 6) is -1.53. The Labute approximate surface area is 180 Å². The highest BCUT2D eigenvalue weighted by Crippen LogP contribution is 2.42. The van der Waals surface area contributed by atoms with Gasteiger partial charge in [-0.05, 0) is 6.07 Å². The van der Waals surface area contributed by atoms with Crippen molar-refractivity contribution in [3.63, 3.8) is 0 Å². The van der Waals surface area contributed by atoms with Crippen LogP contribution < -0.4 is 0 Å². The second-order valence-electron chi connectivity index (χ2n) is 6.79. The summed E-state index contributed by atoms with van der Waals surface area (Å²) >= 11 is 6.09. The number of ether oxygens (including phenoxy) is 3. The minimum absolute atomic E-state index is 0.138. The molecule has 1 saturated heterocycles. The lowest BCUT2D eigenvalue weighted by Crippen LogP contribution is -2.36. The number of halogens is 1. The quantitative estimate of drug-likeness (QED) is 0.425. The zero-order valence-corrected chi connectivity index (χ0v) is 17.4. The standard InChI is InChI=1S/C18H17ClN6O6/c1-8(26)25-5-4-11(23-25)13-14(29-9(2)27)15(30-10(3)28)18(31-13)24-7-22-12-16(19)20-6-21-17(12)24/h4-7,13-15,18H,1-3H3. The molecule has 0 saturated carbocycles. The fourth-order valence-corrected chi connectivity index (χ4v) is 3.59. The van der Waals surface area contributed by atoms with Crippen molar-refractivity contribution in [1.29, 1.82) is 0 Å². The van der Waals surface area contributed by atoms with Crippen LogP contribution in [0.25, 0.3) is 11.2 Å². The third kappa shape index (κ3) is 3.86. The maximum Gasteiger partial charge on any atom is 0.303 e. The number of fused-ring (bicyclic) bond motifs is 1. The Hall–Kier alpha value is -3.38. The van der Waals surface area contributed by atoms with Crippen molar-refractivity contribution in [2.75, 3.05) is 0 Å². The zero-order valence-electron chi connectivity index (χ0n) is 16.6. The number of esters is 2. The molecule has 0 radical (unpaired) electrons. The number of nitrogens with zero attached hydrogens (tertiary/aromatic N) is 6. The van der Waals surface area contributed by atoms with Gasteiger partial charge in [-0.15, -0.1) is 0 Å². The van der Waals surface area contributed by atoms with Gasteiger partial charge in [0.2, 0.25) is 5.91 Å². The summed E-state index contributed by atoms with van der Waals surface area (Å²) in [5, 5.41) is 4.33. The molecular weight excluding hydrogens is 432 g/mol. The lowest BCUT2D eigenvalue weighted by Gasteiger charge is -2.23. The minimum Gasteiger partial charge on any atom is -0.455 e. The molecule has 0 bridgehead atoms. The van der Waals surface area contributed by atoms with Crippen molar-refractivity contribution in [2.45, 2.75) is 45.3 Å². The summed E-state index contributed by atoms with van der Waals surface area (Å²) in [6, 6.07) is 1.56. The van der Waals surface area contributed by atoms with Gasteiger partial charge in [0.05, 0.1) is 12.0 Å². The van der Waals surface area contributed by atoms with Crippen LogP contribution in [-0.2, 0) is 23.8 Å².